The molecule has 38 heavy (non-hydrogen) atoms. The van der Waals surface area contributed by atoms with Crippen molar-refractivity contribution in [2.75, 3.05) is 6.61 Å². The van der Waals surface area contributed by atoms with Gasteiger partial charge in [0.15, 0.2) is 5.69 Å². The molecule has 4 rings (SSSR count). The molecule has 0 aliphatic carbocycles. The van der Waals surface area contributed by atoms with Gasteiger partial charge in [0, 0.05) is 24.1 Å². The molecule has 0 atom stereocenters. The van der Waals surface area contributed by atoms with E-state index in [0.29, 0.717) is 41.2 Å². The molecule has 1 heterocycles. The predicted molar refractivity (Wildman–Crippen MR) is 135 cm³/mol. The van der Waals surface area contributed by atoms with Crippen molar-refractivity contribution < 1.29 is 53.1 Å². The fourth-order valence-electron chi connectivity index (χ4n) is 3.75. The van der Waals surface area contributed by atoms with Crippen molar-refractivity contribution in [3.63, 3.8) is 0 Å². The fraction of sp³-hybridized carbons (Fsp3) is 0.286. The molecule has 0 spiro atoms. The Morgan fingerprint density at radius 1 is 1.00 bits per heavy atom. The minimum atomic E-state index is -0.934. The second-order valence-corrected chi connectivity index (χ2v) is 9.39. The fourth-order valence-corrected chi connectivity index (χ4v) is 3.75. The average molecular weight is 531 g/mol. The zero-order valence-corrected chi connectivity index (χ0v) is 23.9. The Labute approximate surface area is 241 Å². The van der Waals surface area contributed by atoms with E-state index in [4.69, 9.17) is 14.0 Å². The zero-order chi connectivity index (χ0) is 26.6. The summed E-state index contributed by atoms with van der Waals surface area (Å²) in [4.78, 5) is 25.7. The normalized spacial score (nSPS) is 11.2. The number of aliphatic hydroxyl groups is 1. The summed E-state index contributed by atoms with van der Waals surface area (Å²) in [5.74, 6) is -0.117. The molecule has 8 nitrogen and oxygen atoms in total. The van der Waals surface area contributed by atoms with E-state index in [1.165, 1.54) is 0 Å². The molecule has 194 valence electrons. The summed E-state index contributed by atoms with van der Waals surface area (Å²) >= 11 is 0. The van der Waals surface area contributed by atoms with Crippen molar-refractivity contribution in [1.82, 2.24) is 9.72 Å². The van der Waals surface area contributed by atoms with E-state index in [0.717, 1.165) is 15.9 Å². The largest absolute Gasteiger partial charge is 1.00 e. The van der Waals surface area contributed by atoms with Crippen molar-refractivity contribution in [2.24, 2.45) is 0 Å². The number of nitrogens with zero attached hydrogens (tertiary/aromatic N) is 2. The summed E-state index contributed by atoms with van der Waals surface area (Å²) in [7, 11) is 0. The Morgan fingerprint density at radius 3 is 2.34 bits per heavy atom. The molecule has 0 saturated carbocycles. The van der Waals surface area contributed by atoms with Gasteiger partial charge in [-0.05, 0) is 61.7 Å². The van der Waals surface area contributed by atoms with E-state index in [1.54, 1.807) is 62.4 Å². The van der Waals surface area contributed by atoms with Gasteiger partial charge >= 0.3 is 35.3 Å². The first-order valence-electron chi connectivity index (χ1n) is 11.8. The van der Waals surface area contributed by atoms with E-state index >= 15 is 4.39 Å². The van der Waals surface area contributed by atoms with Crippen LogP contribution in [0.3, 0.4) is 0 Å². The van der Waals surface area contributed by atoms with Crippen LogP contribution in [0.1, 0.15) is 37.0 Å². The van der Waals surface area contributed by atoms with E-state index in [1.807, 2.05) is 19.1 Å². The number of aryl methyl sites for hydroxylation is 1. The maximum absolute atomic E-state index is 15.4. The smallest absolute Gasteiger partial charge is 0.493 e. The minimum Gasteiger partial charge on any atom is -0.493 e. The molecule has 10 heteroatoms. The third-order valence-corrected chi connectivity index (χ3v) is 5.78. The topological polar surface area (TPSA) is 105 Å². The maximum Gasteiger partial charge on any atom is 1.00 e. The standard InChI is InChI=1S/C28H29FN2O6.Na/c1-18-15-22(35-14-13-28(2,3)34)11-12-23(18)24-6-4-5-20(25(24)29)17-36-21-9-7-19(8-10-21)16-31-26(32)30-27(33)37-31;/h4-12,15,34H,13-14,16-17H2,1-3H3,(H,30,32,33);/q;+1/p-1. The molecular formula is C28H28FN2NaO6. The number of ether oxygens (including phenoxy) is 2. The molecule has 0 amide bonds. The number of hydrogen-bond donors (Lipinski definition) is 1. The van der Waals surface area contributed by atoms with Gasteiger partial charge in [-0.2, -0.15) is 0 Å². The third-order valence-electron chi connectivity index (χ3n) is 5.78. The number of halogens is 1. The molecule has 0 fully saturated rings. The summed E-state index contributed by atoms with van der Waals surface area (Å²) < 4.78 is 32.5. The first kappa shape index (κ1) is 29.4. The Bertz CT molecular complexity index is 1480. The molecule has 0 saturated heterocycles. The van der Waals surface area contributed by atoms with Crippen molar-refractivity contribution in [1.29, 1.82) is 0 Å². The van der Waals surface area contributed by atoms with Crippen molar-refractivity contribution in [2.45, 2.75) is 45.9 Å². The van der Waals surface area contributed by atoms with Gasteiger partial charge in [-0.3, -0.25) is 9.53 Å². The van der Waals surface area contributed by atoms with Crippen LogP contribution in [0.15, 0.2) is 74.8 Å². The summed E-state index contributed by atoms with van der Waals surface area (Å²) in [5, 5.41) is 9.83. The van der Waals surface area contributed by atoms with Crippen LogP contribution < -0.4 is 55.5 Å². The van der Waals surface area contributed by atoms with Gasteiger partial charge in [0.2, 0.25) is 0 Å². The zero-order valence-electron chi connectivity index (χ0n) is 21.9. The Hall–Kier alpha value is -3.11. The first-order valence-corrected chi connectivity index (χ1v) is 11.8. The molecule has 1 N–H and O–H groups in total. The average Bonchev–Trinajstić information content (AvgIpc) is 3.15. The van der Waals surface area contributed by atoms with Gasteiger partial charge < -0.3 is 24.1 Å². The van der Waals surface area contributed by atoms with Crippen LogP contribution in [0.2, 0.25) is 0 Å². The molecule has 0 aliphatic heterocycles. The van der Waals surface area contributed by atoms with Crippen LogP contribution in [0.5, 0.6) is 11.5 Å². The van der Waals surface area contributed by atoms with E-state index in [2.05, 4.69) is 4.98 Å². The van der Waals surface area contributed by atoms with Crippen LogP contribution in [0, 0.1) is 12.7 Å². The van der Waals surface area contributed by atoms with Crippen LogP contribution in [-0.4, -0.2) is 22.1 Å². The van der Waals surface area contributed by atoms with Crippen LogP contribution in [0.4, 0.5) is 4.39 Å². The van der Waals surface area contributed by atoms with E-state index in [9.17, 15) is 14.7 Å². The van der Waals surface area contributed by atoms with Gasteiger partial charge in [0.05, 0.1) is 12.2 Å². The van der Waals surface area contributed by atoms with Gasteiger partial charge in [-0.1, -0.05) is 36.4 Å². The predicted octanol–water partition coefficient (Wildman–Crippen LogP) is 1.04. The minimum absolute atomic E-state index is 0. The van der Waals surface area contributed by atoms with Crippen molar-refractivity contribution in [3.8, 4) is 22.6 Å². The van der Waals surface area contributed by atoms with Gasteiger partial charge in [0.25, 0.3) is 0 Å². The van der Waals surface area contributed by atoms with Crippen LogP contribution in [-0.2, 0) is 13.2 Å². The Kier molecular flexibility index (Phi) is 9.78. The molecule has 1 aromatic heterocycles. The second-order valence-electron chi connectivity index (χ2n) is 9.39. The number of rotatable bonds is 10. The van der Waals surface area contributed by atoms with E-state index < -0.39 is 17.0 Å². The second kappa shape index (κ2) is 12.6. The molecule has 3 aromatic carbocycles. The molecular weight excluding hydrogens is 502 g/mol. The Balaban J connectivity index is 0.00000400. The van der Waals surface area contributed by atoms with Gasteiger partial charge in [0.1, 0.15) is 23.9 Å². The summed E-state index contributed by atoms with van der Waals surface area (Å²) in [6, 6.07) is 17.5. The van der Waals surface area contributed by atoms with Crippen LogP contribution >= 0.6 is 0 Å². The third kappa shape index (κ3) is 7.70. The Morgan fingerprint density at radius 2 is 1.71 bits per heavy atom. The first-order chi connectivity index (χ1) is 17.6. The SMILES string of the molecule is Cc1cc(OCCC(C)(C)O)ccc1-c1cccc(COc2ccc(Cn3oc(=O)[n-]c3=O)cc2)c1F.[Na+]. The molecule has 0 aliphatic rings. The molecule has 4 aromatic rings. The molecule has 0 unspecified atom stereocenters. The molecule has 0 radical (unpaired) electrons. The summed E-state index contributed by atoms with van der Waals surface area (Å²) in [6.07, 6.45) is 0.497. The van der Waals surface area contributed by atoms with Crippen LogP contribution in [0.25, 0.3) is 11.1 Å². The van der Waals surface area contributed by atoms with Gasteiger partial charge in [-0.15, -0.1) is 0 Å². The molecule has 0 bridgehead atoms. The van der Waals surface area contributed by atoms with Crippen molar-refractivity contribution in [3.05, 3.63) is 104 Å². The summed E-state index contributed by atoms with van der Waals surface area (Å²) in [5.41, 5.74) is 1.65. The number of aromatic nitrogens is 2. The monoisotopic (exact) mass is 530 g/mol. The van der Waals surface area contributed by atoms with E-state index in [-0.39, 0.29) is 48.5 Å². The quantitative estimate of drug-likeness (QED) is 0.306. The van der Waals surface area contributed by atoms with Gasteiger partial charge in [-0.25, -0.2) is 9.18 Å². The number of benzene rings is 3. The maximum atomic E-state index is 15.4. The van der Waals surface area contributed by atoms with Crippen molar-refractivity contribution >= 4 is 0 Å². The summed E-state index contributed by atoms with van der Waals surface area (Å²) in [6.45, 7) is 5.82. The number of hydrogen-bond acceptors (Lipinski definition) is 6.